The second-order valence-corrected chi connectivity index (χ2v) is 6.59. The highest BCUT2D eigenvalue weighted by molar-refractivity contribution is 5.59. The number of para-hydroxylation sites is 1. The lowest BCUT2D eigenvalue weighted by atomic mass is 9.84. The fraction of sp³-hybridized carbons (Fsp3) is 0.182. The molecular weight excluding hydrogens is 368 g/mol. The second-order valence-electron chi connectivity index (χ2n) is 6.59. The second kappa shape index (κ2) is 7.24. The molecule has 0 spiro atoms. The molecule has 1 aromatic heterocycles. The number of methoxy groups -OCH3 is 2. The van der Waals surface area contributed by atoms with Crippen LogP contribution in [0.1, 0.15) is 22.7 Å². The zero-order valence-electron chi connectivity index (χ0n) is 16.3. The molecule has 0 aliphatic carbocycles. The van der Waals surface area contributed by atoms with Gasteiger partial charge in [-0.05, 0) is 36.8 Å². The lowest BCUT2D eigenvalue weighted by Crippen LogP contribution is -2.22. The molecule has 2 aromatic carbocycles. The average molecular weight is 388 g/mol. The van der Waals surface area contributed by atoms with Crippen LogP contribution in [0.15, 0.2) is 60.0 Å². The zero-order chi connectivity index (χ0) is 20.5. The van der Waals surface area contributed by atoms with Crippen LogP contribution in [-0.2, 0) is 0 Å². The van der Waals surface area contributed by atoms with E-state index in [-0.39, 0.29) is 5.88 Å². The van der Waals surface area contributed by atoms with E-state index < -0.39 is 5.92 Å². The van der Waals surface area contributed by atoms with Gasteiger partial charge in [0.15, 0.2) is 11.5 Å². The Bertz CT molecular complexity index is 1140. The van der Waals surface area contributed by atoms with Crippen molar-refractivity contribution in [2.75, 3.05) is 14.2 Å². The minimum atomic E-state index is -0.430. The number of benzene rings is 2. The number of hydrogen-bond acceptors (Lipinski definition) is 6. The average Bonchev–Trinajstić information content (AvgIpc) is 3.08. The van der Waals surface area contributed by atoms with Gasteiger partial charge in [0.25, 0.3) is 0 Å². The van der Waals surface area contributed by atoms with Gasteiger partial charge in [-0.15, -0.1) is 0 Å². The largest absolute Gasteiger partial charge is 0.493 e. The quantitative estimate of drug-likeness (QED) is 0.736. The number of allylic oxidation sites excluding steroid dienone is 1. The van der Waals surface area contributed by atoms with Crippen molar-refractivity contribution in [1.82, 2.24) is 9.78 Å². The summed E-state index contributed by atoms with van der Waals surface area (Å²) in [5.74, 6) is 1.32. The first-order valence-electron chi connectivity index (χ1n) is 9.03. The molecule has 1 aliphatic heterocycles. The van der Waals surface area contributed by atoms with Gasteiger partial charge < -0.3 is 19.9 Å². The van der Waals surface area contributed by atoms with Crippen LogP contribution in [-0.4, -0.2) is 24.0 Å². The predicted molar refractivity (Wildman–Crippen MR) is 107 cm³/mol. The summed E-state index contributed by atoms with van der Waals surface area (Å²) in [7, 11) is 3.15. The SMILES string of the molecule is COc1ccc(C2C(C#N)=C(N)Oc3c2c(C)nn3-c2ccccc2)cc1OC. The summed E-state index contributed by atoms with van der Waals surface area (Å²) < 4.78 is 18.4. The lowest BCUT2D eigenvalue weighted by Gasteiger charge is -2.25. The van der Waals surface area contributed by atoms with Gasteiger partial charge in [-0.25, -0.2) is 4.68 Å². The van der Waals surface area contributed by atoms with Crippen LogP contribution in [0.5, 0.6) is 17.4 Å². The van der Waals surface area contributed by atoms with Crippen molar-refractivity contribution >= 4 is 0 Å². The van der Waals surface area contributed by atoms with Crippen molar-refractivity contribution < 1.29 is 14.2 Å². The van der Waals surface area contributed by atoms with E-state index in [2.05, 4.69) is 11.2 Å². The number of nitrogens with two attached hydrogens (primary N) is 1. The van der Waals surface area contributed by atoms with Crippen molar-refractivity contribution in [3.63, 3.8) is 0 Å². The van der Waals surface area contributed by atoms with Gasteiger partial charge in [0.2, 0.25) is 11.8 Å². The highest BCUT2D eigenvalue weighted by Gasteiger charge is 2.36. The van der Waals surface area contributed by atoms with Crippen molar-refractivity contribution in [2.24, 2.45) is 5.73 Å². The van der Waals surface area contributed by atoms with Gasteiger partial charge >= 0.3 is 0 Å². The van der Waals surface area contributed by atoms with Crippen molar-refractivity contribution in [3.8, 4) is 29.1 Å². The number of aromatic nitrogens is 2. The Labute approximate surface area is 168 Å². The van der Waals surface area contributed by atoms with Crippen molar-refractivity contribution in [3.05, 3.63) is 76.8 Å². The molecular formula is C22H20N4O3. The first kappa shape index (κ1) is 18.4. The third-order valence-electron chi connectivity index (χ3n) is 4.97. The van der Waals surface area contributed by atoms with Gasteiger partial charge in [0, 0.05) is 0 Å². The molecule has 0 fully saturated rings. The van der Waals surface area contributed by atoms with Crippen LogP contribution in [0, 0.1) is 18.3 Å². The molecule has 146 valence electrons. The smallest absolute Gasteiger partial charge is 0.229 e. The molecule has 7 nitrogen and oxygen atoms in total. The fourth-order valence-electron chi connectivity index (χ4n) is 3.62. The summed E-state index contributed by atoms with van der Waals surface area (Å²) in [5, 5.41) is 14.5. The Morgan fingerprint density at radius 2 is 1.83 bits per heavy atom. The molecule has 29 heavy (non-hydrogen) atoms. The van der Waals surface area contributed by atoms with Gasteiger partial charge in [0.05, 0.1) is 37.1 Å². The molecule has 1 atom stereocenters. The Hall–Kier alpha value is -3.92. The molecule has 0 saturated heterocycles. The standard InChI is InChI=1S/C22H20N4O3/c1-13-19-20(14-9-10-17(27-2)18(11-14)28-3)16(12-23)21(24)29-22(19)26(25-13)15-7-5-4-6-8-15/h4-11,20H,24H2,1-3H3. The van der Waals surface area contributed by atoms with E-state index in [4.69, 9.17) is 19.9 Å². The first-order chi connectivity index (χ1) is 14.1. The summed E-state index contributed by atoms with van der Waals surface area (Å²) >= 11 is 0. The van der Waals surface area contributed by atoms with Gasteiger partial charge in [-0.3, -0.25) is 0 Å². The van der Waals surface area contributed by atoms with Crippen LogP contribution in [0.2, 0.25) is 0 Å². The number of ether oxygens (including phenoxy) is 3. The summed E-state index contributed by atoms with van der Waals surface area (Å²) in [4.78, 5) is 0. The van der Waals surface area contributed by atoms with Crippen molar-refractivity contribution in [2.45, 2.75) is 12.8 Å². The number of fused-ring (bicyclic) bond motifs is 1. The molecule has 2 heterocycles. The van der Waals surface area contributed by atoms with E-state index in [9.17, 15) is 5.26 Å². The van der Waals surface area contributed by atoms with E-state index in [0.29, 0.717) is 23.0 Å². The van der Waals surface area contributed by atoms with Crippen LogP contribution in [0.3, 0.4) is 0 Å². The Kier molecular flexibility index (Phi) is 4.61. The maximum Gasteiger partial charge on any atom is 0.229 e. The van der Waals surface area contributed by atoms with Crippen molar-refractivity contribution in [1.29, 1.82) is 5.26 Å². The summed E-state index contributed by atoms with van der Waals surface area (Å²) in [5.41, 5.74) is 9.72. The maximum absolute atomic E-state index is 9.81. The maximum atomic E-state index is 9.81. The first-order valence-corrected chi connectivity index (χ1v) is 9.03. The highest BCUT2D eigenvalue weighted by Crippen LogP contribution is 2.46. The number of hydrogen-bond donors (Lipinski definition) is 1. The van der Waals surface area contributed by atoms with E-state index in [1.807, 2.05) is 55.5 Å². The summed E-state index contributed by atoms with van der Waals surface area (Å²) in [6, 6.07) is 17.4. The number of aryl methyl sites for hydroxylation is 1. The molecule has 0 radical (unpaired) electrons. The number of nitriles is 1. The van der Waals surface area contributed by atoms with Crippen LogP contribution < -0.4 is 19.9 Å². The molecule has 4 rings (SSSR count). The summed E-state index contributed by atoms with van der Waals surface area (Å²) in [6.45, 7) is 1.89. The number of nitrogens with zero attached hydrogens (tertiary/aromatic N) is 3. The topological polar surface area (TPSA) is 95.3 Å². The van der Waals surface area contributed by atoms with Gasteiger partial charge in [-0.1, -0.05) is 24.3 Å². The Morgan fingerprint density at radius 1 is 1.10 bits per heavy atom. The van der Waals surface area contributed by atoms with E-state index in [0.717, 1.165) is 22.5 Å². The molecule has 2 N–H and O–H groups in total. The van der Waals surface area contributed by atoms with Crippen LogP contribution >= 0.6 is 0 Å². The van der Waals surface area contributed by atoms with E-state index in [1.54, 1.807) is 18.9 Å². The highest BCUT2D eigenvalue weighted by atomic mass is 16.5. The van der Waals surface area contributed by atoms with Crippen LogP contribution in [0.25, 0.3) is 5.69 Å². The minimum Gasteiger partial charge on any atom is -0.493 e. The normalized spacial score (nSPS) is 15.3. The molecule has 0 saturated carbocycles. The zero-order valence-corrected chi connectivity index (χ0v) is 16.3. The minimum absolute atomic E-state index is 0.0665. The summed E-state index contributed by atoms with van der Waals surface area (Å²) in [6.07, 6.45) is 0. The molecule has 1 aliphatic rings. The van der Waals surface area contributed by atoms with E-state index >= 15 is 0 Å². The Morgan fingerprint density at radius 3 is 2.48 bits per heavy atom. The molecule has 0 amide bonds. The fourth-order valence-corrected chi connectivity index (χ4v) is 3.62. The third-order valence-corrected chi connectivity index (χ3v) is 4.97. The Balaban J connectivity index is 1.94. The number of rotatable bonds is 4. The predicted octanol–water partition coefficient (Wildman–Crippen LogP) is 3.42. The molecule has 0 bridgehead atoms. The molecule has 1 unspecified atom stereocenters. The molecule has 3 aromatic rings. The van der Waals surface area contributed by atoms with E-state index in [1.165, 1.54) is 0 Å². The third kappa shape index (κ3) is 2.95. The van der Waals surface area contributed by atoms with Gasteiger partial charge in [-0.2, -0.15) is 10.4 Å². The lowest BCUT2D eigenvalue weighted by molar-refractivity contribution is 0.353. The molecule has 7 heteroatoms. The van der Waals surface area contributed by atoms with Gasteiger partial charge in [0.1, 0.15) is 11.6 Å². The monoisotopic (exact) mass is 388 g/mol. The van der Waals surface area contributed by atoms with Crippen LogP contribution in [0.4, 0.5) is 0 Å².